The first-order valence-electron chi connectivity index (χ1n) is 5.88. The summed E-state index contributed by atoms with van der Waals surface area (Å²) in [7, 11) is 1.77. The Balaban J connectivity index is 2.78. The van der Waals surface area contributed by atoms with Crippen LogP contribution in [0.5, 0.6) is 0 Å². The quantitative estimate of drug-likeness (QED) is 0.795. The van der Waals surface area contributed by atoms with Crippen LogP contribution in [0.2, 0.25) is 0 Å². The molecule has 3 nitrogen and oxygen atoms in total. The van der Waals surface area contributed by atoms with E-state index in [1.54, 1.807) is 18.0 Å². The van der Waals surface area contributed by atoms with Crippen molar-refractivity contribution in [3.63, 3.8) is 0 Å². The van der Waals surface area contributed by atoms with E-state index in [0.717, 1.165) is 12.1 Å². The Labute approximate surface area is 102 Å². The minimum absolute atomic E-state index is 0.0183. The zero-order chi connectivity index (χ0) is 12.8. The highest BCUT2D eigenvalue weighted by molar-refractivity contribution is 5.49. The van der Waals surface area contributed by atoms with Crippen LogP contribution in [0.25, 0.3) is 0 Å². The third kappa shape index (κ3) is 4.32. The van der Waals surface area contributed by atoms with E-state index in [2.05, 4.69) is 19.2 Å². The SMILES string of the molecule is CC(C)NCc1ccc(F)c(N(C)CCO)c1. The van der Waals surface area contributed by atoms with Crippen LogP contribution in [-0.4, -0.2) is 31.3 Å². The van der Waals surface area contributed by atoms with Gasteiger partial charge in [0.05, 0.1) is 12.3 Å². The van der Waals surface area contributed by atoms with Gasteiger partial charge in [0.2, 0.25) is 0 Å². The smallest absolute Gasteiger partial charge is 0.146 e. The summed E-state index contributed by atoms with van der Waals surface area (Å²) in [6, 6.07) is 5.47. The first-order valence-corrected chi connectivity index (χ1v) is 5.88. The van der Waals surface area contributed by atoms with E-state index >= 15 is 0 Å². The number of nitrogens with one attached hydrogen (secondary N) is 1. The second-order valence-corrected chi connectivity index (χ2v) is 4.47. The van der Waals surface area contributed by atoms with Gasteiger partial charge in [-0.15, -0.1) is 0 Å². The normalized spacial score (nSPS) is 10.9. The highest BCUT2D eigenvalue weighted by atomic mass is 19.1. The Morgan fingerprint density at radius 1 is 1.41 bits per heavy atom. The Morgan fingerprint density at radius 3 is 2.71 bits per heavy atom. The number of nitrogens with zero attached hydrogens (tertiary/aromatic N) is 1. The van der Waals surface area contributed by atoms with Crippen molar-refractivity contribution in [2.45, 2.75) is 26.4 Å². The van der Waals surface area contributed by atoms with Crippen molar-refractivity contribution in [2.75, 3.05) is 25.1 Å². The molecule has 0 atom stereocenters. The molecule has 96 valence electrons. The Morgan fingerprint density at radius 2 is 2.12 bits per heavy atom. The second-order valence-electron chi connectivity index (χ2n) is 4.47. The van der Waals surface area contributed by atoms with Crippen LogP contribution in [0.3, 0.4) is 0 Å². The first kappa shape index (κ1) is 13.9. The molecular formula is C13H21FN2O. The van der Waals surface area contributed by atoms with Crippen LogP contribution in [0.15, 0.2) is 18.2 Å². The monoisotopic (exact) mass is 240 g/mol. The molecule has 0 aliphatic carbocycles. The molecule has 0 saturated carbocycles. The number of benzene rings is 1. The minimum Gasteiger partial charge on any atom is -0.395 e. The molecule has 0 spiro atoms. The maximum atomic E-state index is 13.6. The molecule has 0 radical (unpaired) electrons. The van der Waals surface area contributed by atoms with Gasteiger partial charge < -0.3 is 15.3 Å². The van der Waals surface area contributed by atoms with Crippen molar-refractivity contribution < 1.29 is 9.50 Å². The summed E-state index contributed by atoms with van der Waals surface area (Å²) in [5.41, 5.74) is 1.57. The van der Waals surface area contributed by atoms with Gasteiger partial charge in [0.25, 0.3) is 0 Å². The summed E-state index contributed by atoms with van der Waals surface area (Å²) < 4.78 is 13.6. The van der Waals surface area contributed by atoms with Gasteiger partial charge in [-0.3, -0.25) is 0 Å². The van der Waals surface area contributed by atoms with Gasteiger partial charge in [-0.25, -0.2) is 4.39 Å². The fourth-order valence-electron chi connectivity index (χ4n) is 1.55. The summed E-state index contributed by atoms with van der Waals surface area (Å²) in [5, 5.41) is 12.1. The molecule has 1 aromatic carbocycles. The number of likely N-dealkylation sites (N-methyl/N-ethyl adjacent to an activating group) is 1. The number of hydrogen-bond acceptors (Lipinski definition) is 3. The lowest BCUT2D eigenvalue weighted by atomic mass is 10.1. The van der Waals surface area contributed by atoms with E-state index in [4.69, 9.17) is 5.11 Å². The molecule has 0 aliphatic rings. The highest BCUT2D eigenvalue weighted by Crippen LogP contribution is 2.19. The van der Waals surface area contributed by atoms with Gasteiger partial charge in [-0.2, -0.15) is 0 Å². The number of rotatable bonds is 6. The van der Waals surface area contributed by atoms with Crippen LogP contribution in [0.1, 0.15) is 19.4 Å². The van der Waals surface area contributed by atoms with Crippen molar-refractivity contribution in [3.8, 4) is 0 Å². The Kier molecular flexibility index (Phi) is 5.38. The standard InChI is InChI=1S/C13H21FN2O/c1-10(2)15-9-11-4-5-12(14)13(8-11)16(3)6-7-17/h4-5,8,10,15,17H,6-7,9H2,1-3H3. The van der Waals surface area contributed by atoms with Crippen LogP contribution < -0.4 is 10.2 Å². The molecule has 0 aromatic heterocycles. The van der Waals surface area contributed by atoms with Gasteiger partial charge in [0.1, 0.15) is 5.82 Å². The summed E-state index contributed by atoms with van der Waals surface area (Å²) in [6.07, 6.45) is 0. The zero-order valence-electron chi connectivity index (χ0n) is 10.7. The summed E-state index contributed by atoms with van der Waals surface area (Å²) >= 11 is 0. The summed E-state index contributed by atoms with van der Waals surface area (Å²) in [5.74, 6) is -0.255. The number of hydrogen-bond donors (Lipinski definition) is 2. The topological polar surface area (TPSA) is 35.5 Å². The highest BCUT2D eigenvalue weighted by Gasteiger charge is 2.08. The maximum Gasteiger partial charge on any atom is 0.146 e. The minimum atomic E-state index is -0.255. The molecular weight excluding hydrogens is 219 g/mol. The molecule has 0 fully saturated rings. The molecule has 0 heterocycles. The van der Waals surface area contributed by atoms with E-state index in [1.165, 1.54) is 6.07 Å². The number of aliphatic hydroxyl groups excluding tert-OH is 1. The molecule has 0 saturated heterocycles. The fourth-order valence-corrected chi connectivity index (χ4v) is 1.55. The van der Waals surface area contributed by atoms with Crippen molar-refractivity contribution in [3.05, 3.63) is 29.6 Å². The summed E-state index contributed by atoms with van der Waals surface area (Å²) in [4.78, 5) is 1.72. The van der Waals surface area contributed by atoms with Gasteiger partial charge in [-0.05, 0) is 17.7 Å². The van der Waals surface area contributed by atoms with E-state index < -0.39 is 0 Å². The molecule has 4 heteroatoms. The molecule has 0 aliphatic heterocycles. The van der Waals surface area contributed by atoms with Crippen molar-refractivity contribution in [1.82, 2.24) is 5.32 Å². The van der Waals surface area contributed by atoms with E-state index in [1.807, 2.05) is 6.07 Å². The van der Waals surface area contributed by atoms with E-state index in [0.29, 0.717) is 18.3 Å². The molecule has 1 aromatic rings. The molecule has 0 unspecified atom stereocenters. The molecule has 0 bridgehead atoms. The van der Waals surface area contributed by atoms with Gasteiger partial charge in [0, 0.05) is 26.2 Å². The van der Waals surface area contributed by atoms with Gasteiger partial charge in [-0.1, -0.05) is 19.9 Å². The van der Waals surface area contributed by atoms with Crippen molar-refractivity contribution in [2.24, 2.45) is 0 Å². The molecule has 17 heavy (non-hydrogen) atoms. The number of halogens is 1. The average Bonchev–Trinajstić information content (AvgIpc) is 2.28. The molecule has 0 amide bonds. The predicted molar refractivity (Wildman–Crippen MR) is 68.7 cm³/mol. The third-order valence-corrected chi connectivity index (χ3v) is 2.57. The van der Waals surface area contributed by atoms with Crippen LogP contribution in [-0.2, 0) is 6.54 Å². The maximum absolute atomic E-state index is 13.6. The third-order valence-electron chi connectivity index (χ3n) is 2.57. The average molecular weight is 240 g/mol. The van der Waals surface area contributed by atoms with Crippen molar-refractivity contribution in [1.29, 1.82) is 0 Å². The Bertz CT molecular complexity index is 355. The Hall–Kier alpha value is -1.13. The molecule has 2 N–H and O–H groups in total. The predicted octanol–water partition coefficient (Wildman–Crippen LogP) is 1.75. The fraction of sp³-hybridized carbons (Fsp3) is 0.538. The summed E-state index contributed by atoms with van der Waals surface area (Å²) in [6.45, 7) is 5.31. The second kappa shape index (κ2) is 6.57. The lowest BCUT2D eigenvalue weighted by molar-refractivity contribution is 0.303. The lowest BCUT2D eigenvalue weighted by Crippen LogP contribution is -2.24. The van der Waals surface area contributed by atoms with Crippen molar-refractivity contribution >= 4 is 5.69 Å². The van der Waals surface area contributed by atoms with Gasteiger partial charge in [0.15, 0.2) is 0 Å². The van der Waals surface area contributed by atoms with Gasteiger partial charge >= 0.3 is 0 Å². The van der Waals surface area contributed by atoms with Crippen LogP contribution in [0, 0.1) is 5.82 Å². The van der Waals surface area contributed by atoms with Crippen LogP contribution in [0.4, 0.5) is 10.1 Å². The largest absolute Gasteiger partial charge is 0.395 e. The number of anilines is 1. The molecule has 1 rings (SSSR count). The van der Waals surface area contributed by atoms with E-state index in [-0.39, 0.29) is 12.4 Å². The van der Waals surface area contributed by atoms with E-state index in [9.17, 15) is 4.39 Å². The lowest BCUT2D eigenvalue weighted by Gasteiger charge is -2.19. The number of aliphatic hydroxyl groups is 1. The first-order chi connectivity index (χ1) is 8.04. The zero-order valence-corrected chi connectivity index (χ0v) is 10.7. The van der Waals surface area contributed by atoms with Crippen LogP contribution >= 0.6 is 0 Å².